The monoisotopic (exact) mass is 383 g/mol. The lowest BCUT2D eigenvalue weighted by Crippen LogP contribution is -2.31. The average Bonchev–Trinajstić information content (AvgIpc) is 2.68. The van der Waals surface area contributed by atoms with Gasteiger partial charge < -0.3 is 0 Å². The van der Waals surface area contributed by atoms with Crippen molar-refractivity contribution in [3.05, 3.63) is 106 Å². The van der Waals surface area contributed by atoms with Crippen molar-refractivity contribution in [3.63, 3.8) is 0 Å². The topological polar surface area (TPSA) is 102 Å². The molecule has 0 bridgehead atoms. The molecule has 3 rings (SSSR count). The van der Waals surface area contributed by atoms with E-state index in [-0.39, 0.29) is 11.4 Å². The first kappa shape index (κ1) is 18.7. The van der Waals surface area contributed by atoms with E-state index in [0.29, 0.717) is 11.3 Å². The molecule has 0 saturated heterocycles. The summed E-state index contributed by atoms with van der Waals surface area (Å²) >= 11 is 0. The third-order valence-corrected chi connectivity index (χ3v) is 5.23. The molecule has 7 nitrogen and oxygen atoms in total. The Morgan fingerprint density at radius 2 is 1.63 bits per heavy atom. The molecule has 0 aliphatic carbocycles. The van der Waals surface area contributed by atoms with Gasteiger partial charge in [0, 0.05) is 18.3 Å². The molecule has 0 fully saturated rings. The Balaban J connectivity index is 1.85. The van der Waals surface area contributed by atoms with Gasteiger partial charge in [0.05, 0.1) is 22.4 Å². The third kappa shape index (κ3) is 4.96. The van der Waals surface area contributed by atoms with E-state index in [1.54, 1.807) is 24.4 Å². The summed E-state index contributed by atoms with van der Waals surface area (Å²) in [5, 5.41) is 10.7. The number of non-ortho nitro benzene ring substituents is 1. The molecule has 0 spiro atoms. The van der Waals surface area contributed by atoms with Crippen LogP contribution in [0.1, 0.15) is 22.9 Å². The van der Waals surface area contributed by atoms with Crippen LogP contribution in [0.15, 0.2) is 79.0 Å². The maximum absolute atomic E-state index is 12.7. The number of nitrogens with one attached hydrogen (secondary N) is 1. The summed E-state index contributed by atoms with van der Waals surface area (Å²) in [6, 6.07) is 19.3. The zero-order valence-corrected chi connectivity index (χ0v) is 15.0. The number of nitro groups is 1. The van der Waals surface area contributed by atoms with Gasteiger partial charge in [-0.25, -0.2) is 13.1 Å². The fraction of sp³-hybridized carbons (Fsp3) is 0.105. The van der Waals surface area contributed by atoms with Crippen molar-refractivity contribution in [2.45, 2.75) is 11.8 Å². The maximum Gasteiger partial charge on any atom is 0.269 e. The van der Waals surface area contributed by atoms with E-state index in [4.69, 9.17) is 0 Å². The molecular weight excluding hydrogens is 366 g/mol. The number of pyridine rings is 1. The summed E-state index contributed by atoms with van der Waals surface area (Å²) in [4.78, 5) is 14.5. The first-order valence-electron chi connectivity index (χ1n) is 8.14. The Morgan fingerprint density at radius 1 is 0.963 bits per heavy atom. The normalized spacial score (nSPS) is 12.4. The number of benzene rings is 2. The van der Waals surface area contributed by atoms with E-state index in [9.17, 15) is 18.5 Å². The Hall–Kier alpha value is -3.10. The Kier molecular flexibility index (Phi) is 5.58. The predicted molar refractivity (Wildman–Crippen MR) is 101 cm³/mol. The molecular formula is C19H17N3O4S. The predicted octanol–water partition coefficient (Wildman–Crippen LogP) is 3.20. The summed E-state index contributed by atoms with van der Waals surface area (Å²) in [5.41, 5.74) is 1.72. The van der Waals surface area contributed by atoms with E-state index in [1.165, 1.54) is 24.3 Å². The lowest BCUT2D eigenvalue weighted by Gasteiger charge is -2.19. The van der Waals surface area contributed by atoms with Gasteiger partial charge in [-0.05, 0) is 23.3 Å². The van der Waals surface area contributed by atoms with Gasteiger partial charge >= 0.3 is 0 Å². The van der Waals surface area contributed by atoms with Crippen molar-refractivity contribution in [2.75, 3.05) is 0 Å². The zero-order chi connectivity index (χ0) is 19.3. The summed E-state index contributed by atoms with van der Waals surface area (Å²) in [7, 11) is -3.72. The highest BCUT2D eigenvalue weighted by Gasteiger charge is 2.22. The minimum atomic E-state index is -3.72. The fourth-order valence-corrected chi connectivity index (χ4v) is 3.98. The number of hydrogen-bond acceptors (Lipinski definition) is 5. The second kappa shape index (κ2) is 8.07. The van der Waals surface area contributed by atoms with Crippen LogP contribution < -0.4 is 4.72 Å². The molecule has 0 saturated carbocycles. The third-order valence-electron chi connectivity index (χ3n) is 3.92. The minimum absolute atomic E-state index is 0.0836. The average molecular weight is 383 g/mol. The number of aromatic nitrogens is 1. The minimum Gasteiger partial charge on any atom is -0.259 e. The molecule has 1 heterocycles. The highest BCUT2D eigenvalue weighted by molar-refractivity contribution is 7.88. The first-order valence-corrected chi connectivity index (χ1v) is 9.79. The summed E-state index contributed by atoms with van der Waals surface area (Å²) in [5.74, 6) is -0.291. The summed E-state index contributed by atoms with van der Waals surface area (Å²) < 4.78 is 28.1. The summed E-state index contributed by atoms with van der Waals surface area (Å²) in [6.45, 7) is 0. The zero-order valence-electron chi connectivity index (χ0n) is 14.2. The van der Waals surface area contributed by atoms with Gasteiger partial charge in [0.1, 0.15) is 0 Å². The molecule has 3 aromatic rings. The van der Waals surface area contributed by atoms with E-state index < -0.39 is 21.0 Å². The van der Waals surface area contributed by atoms with Crippen molar-refractivity contribution >= 4 is 15.7 Å². The molecule has 1 unspecified atom stereocenters. The van der Waals surface area contributed by atoms with Gasteiger partial charge in [-0.3, -0.25) is 15.1 Å². The lowest BCUT2D eigenvalue weighted by atomic mass is 10.0. The fourth-order valence-electron chi connectivity index (χ4n) is 2.65. The van der Waals surface area contributed by atoms with Crippen molar-refractivity contribution in [2.24, 2.45) is 0 Å². The van der Waals surface area contributed by atoms with Crippen LogP contribution in [0.3, 0.4) is 0 Å². The van der Waals surface area contributed by atoms with Gasteiger partial charge in [0.25, 0.3) is 5.69 Å². The van der Waals surface area contributed by atoms with Gasteiger partial charge in [0.15, 0.2) is 0 Å². The van der Waals surface area contributed by atoms with E-state index in [2.05, 4.69) is 9.71 Å². The molecule has 2 aromatic carbocycles. The van der Waals surface area contributed by atoms with Gasteiger partial charge in [0.2, 0.25) is 10.0 Å². The smallest absolute Gasteiger partial charge is 0.259 e. The number of sulfonamides is 1. The highest BCUT2D eigenvalue weighted by atomic mass is 32.2. The molecule has 138 valence electrons. The SMILES string of the molecule is O=[N+]([O-])c1ccc(CS(=O)(=O)NC(c2ccccc2)c2ccccn2)cc1. The number of rotatable bonds is 7. The van der Waals surface area contributed by atoms with Crippen LogP contribution in [0, 0.1) is 10.1 Å². The second-order valence-electron chi connectivity index (χ2n) is 5.90. The van der Waals surface area contributed by atoms with Crippen LogP contribution in [-0.4, -0.2) is 18.3 Å². The molecule has 1 atom stereocenters. The van der Waals surface area contributed by atoms with Crippen LogP contribution in [0.4, 0.5) is 5.69 Å². The van der Waals surface area contributed by atoms with Crippen molar-refractivity contribution in [1.82, 2.24) is 9.71 Å². The number of hydrogen-bond donors (Lipinski definition) is 1. The molecule has 1 N–H and O–H groups in total. The van der Waals surface area contributed by atoms with Gasteiger partial charge in [-0.1, -0.05) is 48.5 Å². The second-order valence-corrected chi connectivity index (χ2v) is 7.65. The van der Waals surface area contributed by atoms with Crippen LogP contribution in [0.2, 0.25) is 0 Å². The number of nitro benzene ring substituents is 1. The van der Waals surface area contributed by atoms with Crippen LogP contribution in [0.25, 0.3) is 0 Å². The highest BCUT2D eigenvalue weighted by Crippen LogP contribution is 2.22. The Morgan fingerprint density at radius 3 is 2.22 bits per heavy atom. The Bertz CT molecular complexity index is 968. The Labute approximate surface area is 156 Å². The standard InChI is InChI=1S/C19H17N3O4S/c23-22(24)17-11-9-15(10-12-17)14-27(25,26)21-19(16-6-2-1-3-7-16)18-8-4-5-13-20-18/h1-13,19,21H,14H2. The van der Waals surface area contributed by atoms with Crippen LogP contribution in [-0.2, 0) is 15.8 Å². The number of nitrogens with zero attached hydrogens (tertiary/aromatic N) is 2. The van der Waals surface area contributed by atoms with Crippen molar-refractivity contribution < 1.29 is 13.3 Å². The molecule has 8 heteroatoms. The van der Waals surface area contributed by atoms with E-state index in [0.717, 1.165) is 5.56 Å². The molecule has 0 amide bonds. The molecule has 0 aliphatic rings. The largest absolute Gasteiger partial charge is 0.269 e. The lowest BCUT2D eigenvalue weighted by molar-refractivity contribution is -0.384. The molecule has 0 aliphatic heterocycles. The molecule has 27 heavy (non-hydrogen) atoms. The van der Waals surface area contributed by atoms with E-state index >= 15 is 0 Å². The van der Waals surface area contributed by atoms with E-state index in [1.807, 2.05) is 30.3 Å². The summed E-state index contributed by atoms with van der Waals surface area (Å²) in [6.07, 6.45) is 1.61. The van der Waals surface area contributed by atoms with Gasteiger partial charge in [-0.2, -0.15) is 0 Å². The molecule has 1 aromatic heterocycles. The van der Waals surface area contributed by atoms with Crippen LogP contribution in [0.5, 0.6) is 0 Å². The maximum atomic E-state index is 12.7. The van der Waals surface area contributed by atoms with Gasteiger partial charge in [-0.15, -0.1) is 0 Å². The quantitative estimate of drug-likeness (QED) is 0.499. The van der Waals surface area contributed by atoms with Crippen molar-refractivity contribution in [3.8, 4) is 0 Å². The van der Waals surface area contributed by atoms with Crippen molar-refractivity contribution in [1.29, 1.82) is 0 Å². The first-order chi connectivity index (χ1) is 12.9. The van der Waals surface area contributed by atoms with Crippen LogP contribution >= 0.6 is 0 Å². The molecule has 0 radical (unpaired) electrons.